The molecule has 158 valence electrons. The van der Waals surface area contributed by atoms with Gasteiger partial charge in [0.1, 0.15) is 5.60 Å². The van der Waals surface area contributed by atoms with E-state index in [-0.39, 0.29) is 5.60 Å². The summed E-state index contributed by atoms with van der Waals surface area (Å²) in [6.07, 6.45) is 3.85. The number of aryl methyl sites for hydroxylation is 1. The lowest BCUT2D eigenvalue weighted by atomic mass is 9.98. The molecule has 3 rings (SSSR count). The number of piperidine rings is 1. The first-order valence-electron chi connectivity index (χ1n) is 10.5. The van der Waals surface area contributed by atoms with Crippen LogP contribution in [0, 0.1) is 12.8 Å². The molecule has 0 aliphatic carbocycles. The Morgan fingerprint density at radius 2 is 1.72 bits per heavy atom. The molecule has 0 radical (unpaired) electrons. The van der Waals surface area contributed by atoms with Crippen molar-refractivity contribution >= 4 is 5.82 Å². The Morgan fingerprint density at radius 1 is 1.07 bits per heavy atom. The van der Waals surface area contributed by atoms with Crippen molar-refractivity contribution in [2.75, 3.05) is 31.2 Å². The molecule has 1 aromatic heterocycles. The van der Waals surface area contributed by atoms with Gasteiger partial charge in [-0.3, -0.25) is 0 Å². The van der Waals surface area contributed by atoms with Gasteiger partial charge in [-0.15, -0.1) is 0 Å². The predicted molar refractivity (Wildman–Crippen MR) is 115 cm³/mol. The van der Waals surface area contributed by atoms with Crippen LogP contribution in [0.5, 0.6) is 17.4 Å². The fourth-order valence-corrected chi connectivity index (χ4v) is 3.38. The van der Waals surface area contributed by atoms with E-state index in [1.807, 2.05) is 58.9 Å². The highest BCUT2D eigenvalue weighted by Crippen LogP contribution is 2.32. The van der Waals surface area contributed by atoms with Crippen LogP contribution < -0.4 is 19.1 Å². The summed E-state index contributed by atoms with van der Waals surface area (Å²) in [5.41, 5.74) is 0.595. The summed E-state index contributed by atoms with van der Waals surface area (Å²) in [6, 6.07) is 7.87. The number of para-hydroxylation sites is 2. The van der Waals surface area contributed by atoms with Crippen LogP contribution in [0.4, 0.5) is 5.82 Å². The summed E-state index contributed by atoms with van der Waals surface area (Å²) in [6.45, 7) is 13.2. The Bertz CT molecular complexity index is 796. The molecular weight excluding hydrogens is 366 g/mol. The molecule has 0 saturated carbocycles. The van der Waals surface area contributed by atoms with Crippen LogP contribution in [0.15, 0.2) is 30.5 Å². The van der Waals surface area contributed by atoms with Crippen LogP contribution in [-0.2, 0) is 0 Å². The van der Waals surface area contributed by atoms with Gasteiger partial charge < -0.3 is 19.1 Å². The number of ether oxygens (including phenoxy) is 3. The molecule has 0 bridgehead atoms. The van der Waals surface area contributed by atoms with Gasteiger partial charge in [-0.25, -0.2) is 9.97 Å². The average molecular weight is 400 g/mol. The largest absolute Gasteiger partial charge is 0.490 e. The Balaban J connectivity index is 1.59. The first kappa shape index (κ1) is 21.2. The maximum Gasteiger partial charge on any atom is 0.258 e. The zero-order valence-electron chi connectivity index (χ0n) is 18.3. The smallest absolute Gasteiger partial charge is 0.258 e. The van der Waals surface area contributed by atoms with Gasteiger partial charge in [0.05, 0.1) is 25.1 Å². The second-order valence-electron chi connectivity index (χ2n) is 8.48. The Kier molecular flexibility index (Phi) is 6.83. The molecule has 1 saturated heterocycles. The van der Waals surface area contributed by atoms with E-state index in [0.29, 0.717) is 25.0 Å². The topological polar surface area (TPSA) is 56.7 Å². The lowest BCUT2D eigenvalue weighted by Crippen LogP contribution is -2.37. The van der Waals surface area contributed by atoms with Crippen LogP contribution in [0.25, 0.3) is 0 Å². The number of anilines is 1. The molecule has 2 aromatic rings. The Hall–Kier alpha value is -2.50. The molecule has 6 nitrogen and oxygen atoms in total. The van der Waals surface area contributed by atoms with Crippen molar-refractivity contribution in [2.24, 2.45) is 5.92 Å². The standard InChI is InChI=1S/C23H33N3O3/c1-6-27-19-9-7-8-10-20(19)28-16-18-11-13-26(14-12-18)21-22(29-23(3,4)5)24-15-17(2)25-21/h7-10,15,18H,6,11-14,16H2,1-5H3. The summed E-state index contributed by atoms with van der Waals surface area (Å²) < 4.78 is 17.8. The molecule has 0 spiro atoms. The number of hydrogen-bond donors (Lipinski definition) is 0. The molecular formula is C23H33N3O3. The summed E-state index contributed by atoms with van der Waals surface area (Å²) >= 11 is 0. The van der Waals surface area contributed by atoms with Crippen LogP contribution >= 0.6 is 0 Å². The average Bonchev–Trinajstić information content (AvgIpc) is 2.68. The molecule has 1 fully saturated rings. The second-order valence-corrected chi connectivity index (χ2v) is 8.48. The zero-order valence-corrected chi connectivity index (χ0v) is 18.3. The zero-order chi connectivity index (χ0) is 20.9. The van der Waals surface area contributed by atoms with Gasteiger partial charge in [0.25, 0.3) is 5.88 Å². The molecule has 1 aliphatic heterocycles. The summed E-state index contributed by atoms with van der Waals surface area (Å²) in [4.78, 5) is 11.5. The minimum absolute atomic E-state index is 0.307. The third-order valence-electron chi connectivity index (χ3n) is 4.78. The van der Waals surface area contributed by atoms with Crippen molar-refractivity contribution in [2.45, 2.75) is 53.1 Å². The molecule has 29 heavy (non-hydrogen) atoms. The molecule has 0 amide bonds. The Labute approximate surface area is 174 Å². The highest BCUT2D eigenvalue weighted by molar-refractivity contribution is 5.49. The minimum atomic E-state index is -0.307. The lowest BCUT2D eigenvalue weighted by Gasteiger charge is -2.34. The predicted octanol–water partition coefficient (Wildman–Crippen LogP) is 4.66. The molecule has 2 heterocycles. The number of nitrogens with zero attached hydrogens (tertiary/aromatic N) is 3. The van der Waals surface area contributed by atoms with Crippen molar-refractivity contribution in [1.82, 2.24) is 9.97 Å². The van der Waals surface area contributed by atoms with Gasteiger partial charge in [-0.1, -0.05) is 12.1 Å². The van der Waals surface area contributed by atoms with E-state index < -0.39 is 0 Å². The molecule has 0 unspecified atom stereocenters. The van der Waals surface area contributed by atoms with E-state index in [9.17, 15) is 0 Å². The molecule has 0 N–H and O–H groups in total. The quantitative estimate of drug-likeness (QED) is 0.675. The maximum atomic E-state index is 6.08. The molecule has 6 heteroatoms. The number of benzene rings is 1. The number of rotatable bonds is 7. The van der Waals surface area contributed by atoms with Crippen molar-refractivity contribution in [1.29, 1.82) is 0 Å². The van der Waals surface area contributed by atoms with E-state index in [0.717, 1.165) is 48.9 Å². The fraction of sp³-hybridized carbons (Fsp3) is 0.565. The first-order valence-corrected chi connectivity index (χ1v) is 10.5. The number of aromatic nitrogens is 2. The van der Waals surface area contributed by atoms with Gasteiger partial charge in [0.2, 0.25) is 0 Å². The van der Waals surface area contributed by atoms with Crippen LogP contribution in [0.3, 0.4) is 0 Å². The fourth-order valence-electron chi connectivity index (χ4n) is 3.38. The van der Waals surface area contributed by atoms with E-state index in [1.165, 1.54) is 0 Å². The minimum Gasteiger partial charge on any atom is -0.490 e. The van der Waals surface area contributed by atoms with E-state index in [1.54, 1.807) is 6.20 Å². The number of hydrogen-bond acceptors (Lipinski definition) is 6. The molecule has 1 aromatic carbocycles. The normalized spacial score (nSPS) is 15.3. The maximum absolute atomic E-state index is 6.08. The van der Waals surface area contributed by atoms with E-state index >= 15 is 0 Å². The molecule has 0 atom stereocenters. The summed E-state index contributed by atoms with van der Waals surface area (Å²) in [5.74, 6) is 3.60. The van der Waals surface area contributed by atoms with Crippen LogP contribution in [0.2, 0.25) is 0 Å². The van der Waals surface area contributed by atoms with E-state index in [4.69, 9.17) is 19.2 Å². The second kappa shape index (κ2) is 9.33. The van der Waals surface area contributed by atoms with Gasteiger partial charge in [0.15, 0.2) is 17.3 Å². The van der Waals surface area contributed by atoms with Crippen molar-refractivity contribution < 1.29 is 14.2 Å². The van der Waals surface area contributed by atoms with Gasteiger partial charge >= 0.3 is 0 Å². The summed E-state index contributed by atoms with van der Waals surface area (Å²) in [7, 11) is 0. The Morgan fingerprint density at radius 3 is 2.34 bits per heavy atom. The van der Waals surface area contributed by atoms with Gasteiger partial charge in [-0.2, -0.15) is 0 Å². The van der Waals surface area contributed by atoms with Crippen molar-refractivity contribution in [3.05, 3.63) is 36.2 Å². The third-order valence-corrected chi connectivity index (χ3v) is 4.78. The van der Waals surface area contributed by atoms with Crippen molar-refractivity contribution in [3.63, 3.8) is 0 Å². The van der Waals surface area contributed by atoms with Gasteiger partial charge in [0, 0.05) is 13.1 Å². The third kappa shape index (κ3) is 5.99. The van der Waals surface area contributed by atoms with E-state index in [2.05, 4.69) is 9.88 Å². The summed E-state index contributed by atoms with van der Waals surface area (Å²) in [5, 5.41) is 0. The van der Waals surface area contributed by atoms with Gasteiger partial charge in [-0.05, 0) is 65.5 Å². The highest BCUT2D eigenvalue weighted by atomic mass is 16.5. The van der Waals surface area contributed by atoms with Crippen molar-refractivity contribution in [3.8, 4) is 17.4 Å². The van der Waals surface area contributed by atoms with Crippen LogP contribution in [-0.4, -0.2) is 41.9 Å². The lowest BCUT2D eigenvalue weighted by molar-refractivity contribution is 0.123. The first-order chi connectivity index (χ1) is 13.9. The van der Waals surface area contributed by atoms with Crippen LogP contribution in [0.1, 0.15) is 46.2 Å². The SMILES string of the molecule is CCOc1ccccc1OCC1CCN(c2nc(C)cnc2OC(C)(C)C)CC1. The monoisotopic (exact) mass is 399 g/mol. The highest BCUT2D eigenvalue weighted by Gasteiger charge is 2.26. The molecule has 1 aliphatic rings.